The molecule has 7 nitrogen and oxygen atoms in total. The van der Waals surface area contributed by atoms with E-state index >= 15 is 0 Å². The highest BCUT2D eigenvalue weighted by Gasteiger charge is 2.27. The maximum Gasteiger partial charge on any atom is 0.238 e. The summed E-state index contributed by atoms with van der Waals surface area (Å²) in [6.45, 7) is 2.08. The number of amides is 1. The minimum atomic E-state index is -0.0524. The summed E-state index contributed by atoms with van der Waals surface area (Å²) in [4.78, 5) is 16.9. The molecule has 0 radical (unpaired) electrons. The number of anilines is 2. The number of likely N-dealkylation sites (N-methyl/N-ethyl adjacent to an activating group) is 1. The zero-order valence-electron chi connectivity index (χ0n) is 17.6. The van der Waals surface area contributed by atoms with Gasteiger partial charge in [-0.2, -0.15) is 5.10 Å². The molecule has 0 aliphatic carbocycles. The number of carbonyl (C=O) groups is 1. The molecule has 2 heterocycles. The summed E-state index contributed by atoms with van der Waals surface area (Å²) >= 11 is 0. The van der Waals surface area contributed by atoms with E-state index in [-0.39, 0.29) is 5.91 Å². The van der Waals surface area contributed by atoms with Crippen molar-refractivity contribution in [1.82, 2.24) is 15.1 Å². The van der Waals surface area contributed by atoms with Crippen molar-refractivity contribution in [3.8, 4) is 11.5 Å². The third-order valence-corrected chi connectivity index (χ3v) is 5.26. The zero-order valence-corrected chi connectivity index (χ0v) is 17.6. The van der Waals surface area contributed by atoms with Crippen molar-refractivity contribution in [2.75, 3.05) is 36.9 Å². The van der Waals surface area contributed by atoms with E-state index in [1.165, 1.54) is 0 Å². The van der Waals surface area contributed by atoms with Crippen LogP contribution in [0, 0.1) is 0 Å². The van der Waals surface area contributed by atoms with Gasteiger partial charge in [-0.3, -0.25) is 9.69 Å². The fourth-order valence-corrected chi connectivity index (χ4v) is 3.91. The van der Waals surface area contributed by atoms with Crippen molar-refractivity contribution in [1.29, 1.82) is 0 Å². The van der Waals surface area contributed by atoms with E-state index in [1.54, 1.807) is 6.20 Å². The van der Waals surface area contributed by atoms with Crippen LogP contribution in [0.2, 0.25) is 0 Å². The Morgan fingerprint density at radius 2 is 1.97 bits per heavy atom. The maximum absolute atomic E-state index is 12.6. The second-order valence-corrected chi connectivity index (χ2v) is 7.76. The van der Waals surface area contributed by atoms with Crippen molar-refractivity contribution in [2.45, 2.75) is 18.9 Å². The molecule has 3 aromatic rings. The number of carbonyl (C=O) groups excluding carboxylic acids is 1. The summed E-state index contributed by atoms with van der Waals surface area (Å²) in [5, 5.41) is 11.2. The second kappa shape index (κ2) is 10.0. The Labute approximate surface area is 182 Å². The standard InChI is InChI=1S/C24H27N5O2/c1-28(17-20-9-7-15-29(20)23-13-6-14-25-27-23)18-24(30)26-19-8-5-12-22(16-19)31-21-10-3-2-4-11-21/h2-6,8,10-14,16,20H,7,9,15,17-18H2,1H3,(H,26,30). The minimum absolute atomic E-state index is 0.0524. The Morgan fingerprint density at radius 3 is 2.77 bits per heavy atom. The SMILES string of the molecule is CN(CC(=O)Nc1cccc(Oc2ccccc2)c1)CC1CCCN1c1cccnn1. The first-order valence-corrected chi connectivity index (χ1v) is 10.5. The van der Waals surface area contributed by atoms with Gasteiger partial charge >= 0.3 is 0 Å². The number of hydrogen-bond donors (Lipinski definition) is 1. The fourth-order valence-electron chi connectivity index (χ4n) is 3.91. The van der Waals surface area contributed by atoms with Crippen LogP contribution in [0.4, 0.5) is 11.5 Å². The maximum atomic E-state index is 12.6. The van der Waals surface area contributed by atoms with Crippen molar-refractivity contribution < 1.29 is 9.53 Å². The third kappa shape index (κ3) is 5.79. The lowest BCUT2D eigenvalue weighted by molar-refractivity contribution is -0.117. The van der Waals surface area contributed by atoms with E-state index in [0.29, 0.717) is 24.0 Å². The summed E-state index contributed by atoms with van der Waals surface area (Å²) in [7, 11) is 1.97. The molecule has 0 spiro atoms. The van der Waals surface area contributed by atoms with Crippen molar-refractivity contribution >= 4 is 17.4 Å². The van der Waals surface area contributed by atoms with Gasteiger partial charge in [0.15, 0.2) is 5.82 Å². The van der Waals surface area contributed by atoms with E-state index in [9.17, 15) is 4.79 Å². The number of nitrogens with zero attached hydrogens (tertiary/aromatic N) is 4. The molecule has 2 aromatic carbocycles. The Hall–Kier alpha value is -3.45. The second-order valence-electron chi connectivity index (χ2n) is 7.76. The molecular weight excluding hydrogens is 390 g/mol. The van der Waals surface area contributed by atoms with Crippen molar-refractivity contribution in [3.05, 3.63) is 72.9 Å². The van der Waals surface area contributed by atoms with Crippen LogP contribution in [-0.2, 0) is 4.79 Å². The number of rotatable bonds is 8. The van der Waals surface area contributed by atoms with Gasteiger partial charge in [0, 0.05) is 37.1 Å². The van der Waals surface area contributed by atoms with Crippen molar-refractivity contribution in [3.63, 3.8) is 0 Å². The quantitative estimate of drug-likeness (QED) is 0.601. The molecule has 1 amide bonds. The summed E-state index contributed by atoms with van der Waals surface area (Å²) in [5.74, 6) is 2.29. The van der Waals surface area contributed by atoms with Gasteiger partial charge < -0.3 is 15.0 Å². The molecule has 1 aliphatic heterocycles. The first kappa shape index (κ1) is 20.8. The first-order valence-electron chi connectivity index (χ1n) is 10.5. The lowest BCUT2D eigenvalue weighted by atomic mass is 10.2. The van der Waals surface area contributed by atoms with Crippen LogP contribution < -0.4 is 15.0 Å². The highest BCUT2D eigenvalue weighted by atomic mass is 16.5. The van der Waals surface area contributed by atoms with Gasteiger partial charge in [0.25, 0.3) is 0 Å². The monoisotopic (exact) mass is 417 g/mol. The molecule has 1 N–H and O–H groups in total. The number of ether oxygens (including phenoxy) is 1. The molecular formula is C24H27N5O2. The smallest absolute Gasteiger partial charge is 0.238 e. The average molecular weight is 418 g/mol. The summed E-state index contributed by atoms with van der Waals surface area (Å²) in [6, 6.07) is 21.2. The minimum Gasteiger partial charge on any atom is -0.457 e. The number of aromatic nitrogens is 2. The zero-order chi connectivity index (χ0) is 21.5. The van der Waals surface area contributed by atoms with E-state index in [1.807, 2.05) is 73.8 Å². The molecule has 7 heteroatoms. The molecule has 0 bridgehead atoms. The van der Waals surface area contributed by atoms with Crippen LogP contribution in [0.1, 0.15) is 12.8 Å². The first-order chi connectivity index (χ1) is 15.2. The number of para-hydroxylation sites is 1. The molecule has 1 atom stereocenters. The fraction of sp³-hybridized carbons (Fsp3) is 0.292. The van der Waals surface area contributed by atoms with Crippen LogP contribution >= 0.6 is 0 Å². The third-order valence-electron chi connectivity index (χ3n) is 5.26. The molecule has 1 aliphatic rings. The number of hydrogen-bond acceptors (Lipinski definition) is 6. The van der Waals surface area contributed by atoms with Crippen LogP contribution in [0.25, 0.3) is 0 Å². The van der Waals surface area contributed by atoms with Crippen LogP contribution in [-0.4, -0.2) is 53.7 Å². The molecule has 1 aromatic heterocycles. The largest absolute Gasteiger partial charge is 0.457 e. The summed E-state index contributed by atoms with van der Waals surface area (Å²) in [6.07, 6.45) is 3.89. The topological polar surface area (TPSA) is 70.6 Å². The number of benzene rings is 2. The molecule has 1 saturated heterocycles. The van der Waals surface area contributed by atoms with Gasteiger partial charge in [0.05, 0.1) is 6.54 Å². The van der Waals surface area contributed by atoms with Gasteiger partial charge in [0.1, 0.15) is 11.5 Å². The lowest BCUT2D eigenvalue weighted by Gasteiger charge is -2.28. The Morgan fingerprint density at radius 1 is 1.13 bits per heavy atom. The average Bonchev–Trinajstić information content (AvgIpc) is 3.23. The predicted octanol–water partition coefficient (Wildman–Crippen LogP) is 3.81. The van der Waals surface area contributed by atoms with E-state index < -0.39 is 0 Å². The Bertz CT molecular complexity index is 984. The van der Waals surface area contributed by atoms with Gasteiger partial charge in [-0.25, -0.2) is 0 Å². The van der Waals surface area contributed by atoms with Crippen LogP contribution in [0.15, 0.2) is 72.9 Å². The highest BCUT2D eigenvalue weighted by molar-refractivity contribution is 5.92. The summed E-state index contributed by atoms with van der Waals surface area (Å²) < 4.78 is 5.85. The van der Waals surface area contributed by atoms with Gasteiger partial charge in [-0.05, 0) is 56.3 Å². The molecule has 1 unspecified atom stereocenters. The predicted molar refractivity (Wildman–Crippen MR) is 121 cm³/mol. The summed E-state index contributed by atoms with van der Waals surface area (Å²) in [5.41, 5.74) is 0.717. The van der Waals surface area contributed by atoms with E-state index in [2.05, 4.69) is 25.3 Å². The molecule has 160 valence electrons. The van der Waals surface area contributed by atoms with Crippen molar-refractivity contribution in [2.24, 2.45) is 0 Å². The van der Waals surface area contributed by atoms with Crippen LogP contribution in [0.5, 0.6) is 11.5 Å². The van der Waals surface area contributed by atoms with Gasteiger partial charge in [-0.1, -0.05) is 24.3 Å². The molecule has 1 fully saturated rings. The molecule has 4 rings (SSSR count). The normalized spacial score (nSPS) is 15.8. The Balaban J connectivity index is 1.30. The lowest BCUT2D eigenvalue weighted by Crippen LogP contribution is -2.42. The van der Waals surface area contributed by atoms with E-state index in [4.69, 9.17) is 4.74 Å². The highest BCUT2D eigenvalue weighted by Crippen LogP contribution is 2.25. The van der Waals surface area contributed by atoms with Gasteiger partial charge in [0.2, 0.25) is 5.91 Å². The molecule has 31 heavy (non-hydrogen) atoms. The van der Waals surface area contributed by atoms with Crippen LogP contribution in [0.3, 0.4) is 0 Å². The van der Waals surface area contributed by atoms with E-state index in [0.717, 1.165) is 37.5 Å². The number of nitrogens with one attached hydrogen (secondary N) is 1. The van der Waals surface area contributed by atoms with Gasteiger partial charge in [-0.15, -0.1) is 5.10 Å². The molecule has 0 saturated carbocycles. The Kier molecular flexibility index (Phi) is 6.74.